The van der Waals surface area contributed by atoms with Crippen LogP contribution in [0.15, 0.2) is 82.7 Å². The van der Waals surface area contributed by atoms with E-state index in [1.54, 1.807) is 30.4 Å². The first-order valence-corrected chi connectivity index (χ1v) is 19.7. The number of amides is 4. The molecule has 2 aromatic carbocycles. The molecule has 4 aliphatic heterocycles. The van der Waals surface area contributed by atoms with Crippen molar-refractivity contribution in [1.82, 2.24) is 30.4 Å². The summed E-state index contributed by atoms with van der Waals surface area (Å²) >= 11 is 0. The summed E-state index contributed by atoms with van der Waals surface area (Å²) in [6.45, 7) is 2.90. The second-order valence-electron chi connectivity index (χ2n) is 14.9. The molecule has 3 aromatic rings. The number of carbonyl (C=O) groups excluding carboxylic acids is 4. The van der Waals surface area contributed by atoms with Gasteiger partial charge in [-0.1, -0.05) is 48.5 Å². The number of alkyl carbamates (subject to hydrolysis) is 2. The van der Waals surface area contributed by atoms with E-state index in [1.807, 2.05) is 11.1 Å². The number of ether oxygens (including phenoxy) is 3. The van der Waals surface area contributed by atoms with E-state index in [1.165, 1.54) is 21.3 Å². The van der Waals surface area contributed by atoms with Crippen molar-refractivity contribution in [3.8, 4) is 22.4 Å². The highest BCUT2D eigenvalue weighted by Crippen LogP contribution is 2.35. The number of aromatic nitrogens is 2. The Kier molecular flexibility index (Phi) is 12.5. The number of nitrogens with zero attached hydrogens (tertiary/aromatic N) is 5. The van der Waals surface area contributed by atoms with Crippen LogP contribution in [-0.4, -0.2) is 114 Å². The molecule has 5 atom stereocenters. The highest BCUT2D eigenvalue weighted by molar-refractivity contribution is 6.04. The molecule has 3 N–H and O–H groups in total. The van der Waals surface area contributed by atoms with Gasteiger partial charge in [0, 0.05) is 57.4 Å². The lowest BCUT2D eigenvalue weighted by Crippen LogP contribution is -2.56. The second-order valence-corrected chi connectivity index (χ2v) is 14.9. The van der Waals surface area contributed by atoms with Crippen molar-refractivity contribution < 1.29 is 33.4 Å². The van der Waals surface area contributed by atoms with Crippen molar-refractivity contribution in [2.24, 2.45) is 9.98 Å². The number of benzene rings is 2. The lowest BCUT2D eigenvalue weighted by molar-refractivity contribution is -0.136. The molecule has 0 saturated carbocycles. The average molecular weight is 791 g/mol. The number of aromatic amines is 1. The third-order valence-electron chi connectivity index (χ3n) is 11.4. The van der Waals surface area contributed by atoms with Gasteiger partial charge in [0.1, 0.15) is 17.9 Å². The van der Waals surface area contributed by atoms with Gasteiger partial charge in [0.15, 0.2) is 0 Å². The number of nitrogens with one attached hydrogen (secondary N) is 3. The van der Waals surface area contributed by atoms with E-state index in [2.05, 4.69) is 69.1 Å². The molecular weight excluding hydrogens is 741 g/mol. The van der Waals surface area contributed by atoms with Crippen LogP contribution in [0.5, 0.6) is 0 Å². The molecule has 0 radical (unpaired) electrons. The number of aliphatic imine (C=N–C) groups is 2. The van der Waals surface area contributed by atoms with Gasteiger partial charge in [0.25, 0.3) is 0 Å². The quantitative estimate of drug-likeness (QED) is 0.194. The van der Waals surface area contributed by atoms with E-state index < -0.39 is 30.4 Å². The zero-order chi connectivity index (χ0) is 40.8. The van der Waals surface area contributed by atoms with Crippen molar-refractivity contribution in [1.29, 1.82) is 0 Å². The number of rotatable bonds is 13. The minimum absolute atomic E-state index is 0.154. The average Bonchev–Trinajstić information content (AvgIpc) is 4.11. The molecule has 7 rings (SSSR count). The summed E-state index contributed by atoms with van der Waals surface area (Å²) in [5.74, 6) is 0.330. The zero-order valence-electron chi connectivity index (χ0n) is 33.3. The molecule has 2 fully saturated rings. The largest absolute Gasteiger partial charge is 0.453 e. The molecule has 304 valence electrons. The predicted molar refractivity (Wildman–Crippen MR) is 219 cm³/mol. The van der Waals surface area contributed by atoms with E-state index in [9.17, 15) is 19.2 Å². The lowest BCUT2D eigenvalue weighted by Gasteiger charge is -2.31. The Bertz CT molecular complexity index is 2120. The van der Waals surface area contributed by atoms with Gasteiger partial charge in [-0.15, -0.1) is 0 Å². The van der Waals surface area contributed by atoms with Gasteiger partial charge in [-0.2, -0.15) is 0 Å². The predicted octanol–water partition coefficient (Wildman–Crippen LogP) is 5.82. The zero-order valence-corrected chi connectivity index (χ0v) is 33.3. The van der Waals surface area contributed by atoms with Crippen molar-refractivity contribution in [3.63, 3.8) is 0 Å². The van der Waals surface area contributed by atoms with Gasteiger partial charge in [-0.05, 0) is 72.4 Å². The molecular formula is C43H50N8O7. The third-order valence-corrected chi connectivity index (χ3v) is 11.4. The van der Waals surface area contributed by atoms with Gasteiger partial charge >= 0.3 is 12.2 Å². The van der Waals surface area contributed by atoms with Gasteiger partial charge < -0.3 is 39.6 Å². The molecule has 2 saturated heterocycles. The Morgan fingerprint density at radius 1 is 0.810 bits per heavy atom. The summed E-state index contributed by atoms with van der Waals surface area (Å²) in [5, 5.41) is 5.36. The molecule has 0 spiro atoms. The molecule has 15 nitrogen and oxygen atoms in total. The van der Waals surface area contributed by atoms with E-state index in [-0.39, 0.29) is 23.9 Å². The number of methoxy groups -OCH3 is 3. The molecule has 1 aromatic heterocycles. The maximum Gasteiger partial charge on any atom is 0.407 e. The maximum atomic E-state index is 13.8. The Morgan fingerprint density at radius 2 is 1.43 bits per heavy atom. The first kappa shape index (κ1) is 40.1. The fourth-order valence-corrected chi connectivity index (χ4v) is 8.15. The lowest BCUT2D eigenvalue weighted by atomic mass is 9.96. The van der Waals surface area contributed by atoms with Crippen molar-refractivity contribution in [2.45, 2.75) is 82.1 Å². The fraction of sp³-hybridized carbons (Fsp3) is 0.419. The minimum atomic E-state index is -0.871. The van der Waals surface area contributed by atoms with Crippen molar-refractivity contribution in [3.05, 3.63) is 84.1 Å². The number of hydrogen-bond donors (Lipinski definition) is 3. The Hall–Kier alpha value is -6.09. The number of carbonyl (C=O) groups is 4. The van der Waals surface area contributed by atoms with E-state index in [4.69, 9.17) is 24.2 Å². The van der Waals surface area contributed by atoms with Gasteiger partial charge in [-0.25, -0.2) is 14.6 Å². The minimum Gasteiger partial charge on any atom is -0.453 e. The molecule has 0 unspecified atom stereocenters. The van der Waals surface area contributed by atoms with Crippen LogP contribution >= 0.6 is 0 Å². The van der Waals surface area contributed by atoms with Crippen LogP contribution in [-0.2, 0) is 23.8 Å². The molecule has 0 aliphatic carbocycles. The van der Waals surface area contributed by atoms with Crippen LogP contribution in [0.2, 0.25) is 0 Å². The fourth-order valence-electron chi connectivity index (χ4n) is 8.15. The third kappa shape index (κ3) is 8.74. The van der Waals surface area contributed by atoms with Crippen LogP contribution in [0.3, 0.4) is 0 Å². The van der Waals surface area contributed by atoms with E-state index in [0.717, 1.165) is 70.5 Å². The summed E-state index contributed by atoms with van der Waals surface area (Å²) < 4.78 is 15.0. The molecule has 0 bridgehead atoms. The van der Waals surface area contributed by atoms with Crippen LogP contribution in [0.25, 0.3) is 28.0 Å². The Morgan fingerprint density at radius 3 is 2.07 bits per heavy atom. The summed E-state index contributed by atoms with van der Waals surface area (Å²) in [6, 6.07) is 14.6. The summed E-state index contributed by atoms with van der Waals surface area (Å²) in [4.78, 5) is 72.3. The van der Waals surface area contributed by atoms with Crippen LogP contribution in [0, 0.1) is 0 Å². The molecule has 4 amide bonds. The smallest absolute Gasteiger partial charge is 0.407 e. The van der Waals surface area contributed by atoms with Crippen molar-refractivity contribution >= 4 is 41.5 Å². The molecule has 4 aliphatic rings. The van der Waals surface area contributed by atoms with Gasteiger partial charge in [0.05, 0.1) is 44.3 Å². The second kappa shape index (κ2) is 18.0. The number of imidazole rings is 1. The van der Waals surface area contributed by atoms with Crippen LogP contribution in [0.4, 0.5) is 9.59 Å². The topological polar surface area (TPSA) is 180 Å². The van der Waals surface area contributed by atoms with E-state index >= 15 is 0 Å². The normalized spacial score (nSPS) is 20.2. The van der Waals surface area contributed by atoms with Gasteiger partial charge in [0.2, 0.25) is 11.8 Å². The number of hydrogen-bond acceptors (Lipinski definition) is 10. The summed E-state index contributed by atoms with van der Waals surface area (Å²) in [5.41, 5.74) is 8.01. The molecule has 58 heavy (non-hydrogen) atoms. The van der Waals surface area contributed by atoms with E-state index in [0.29, 0.717) is 38.2 Å². The standard InChI is InChI=1S/C43H50N8O7/c1-26(56-2)38(49-43(55)58-4)41(53)50-19-5-7-36(50)33-22-32(24-45-33)30-11-9-28(10-12-30)29-13-15-31(16-14-29)35-25-46-39(47-35)37-8-6-20-51(37)40(52)34(48-42(54)57-3)21-27-17-18-44-23-27/h9-16,18,23-26,34,36-38H,5-8,17,19-22H2,1-4H3,(H,46,47)(H,48,54)(H,49,55)/t26-,34+,36+,37+,38+/m1/s1. The maximum absolute atomic E-state index is 13.8. The van der Waals surface area contributed by atoms with Crippen LogP contribution < -0.4 is 10.6 Å². The monoisotopic (exact) mass is 790 g/mol. The Balaban J connectivity index is 0.967. The highest BCUT2D eigenvalue weighted by Gasteiger charge is 2.40. The summed E-state index contributed by atoms with van der Waals surface area (Å²) in [6.07, 6.45) is 10.2. The number of allylic oxidation sites excluding steroid dienone is 1. The highest BCUT2D eigenvalue weighted by atomic mass is 16.5. The number of H-pyrrole nitrogens is 1. The number of likely N-dealkylation sites (tertiary alicyclic amines) is 2. The molecule has 15 heteroatoms. The summed E-state index contributed by atoms with van der Waals surface area (Å²) in [7, 11) is 4.06. The Labute approximate surface area is 337 Å². The SMILES string of the molecule is COC(=O)N[C@@H](CC1=CN=CC1)C(=O)N1CCC[C@H]1c1ncc(-c2ccc(-c3ccc(C4=CN=C([C@@H]5CCCN5C(=O)[C@@H](NC(=O)OC)[C@@H](C)OC)C4)cc3)cc2)[nH]1. The molecule has 5 heterocycles. The van der Waals surface area contributed by atoms with Crippen LogP contribution in [0.1, 0.15) is 69.3 Å². The van der Waals surface area contributed by atoms with Gasteiger partial charge in [-0.3, -0.25) is 19.6 Å². The van der Waals surface area contributed by atoms with Crippen molar-refractivity contribution in [2.75, 3.05) is 34.4 Å². The first-order chi connectivity index (χ1) is 28.2. The first-order valence-electron chi connectivity index (χ1n) is 19.7.